The molecule has 7 aromatic rings. The molecule has 0 amide bonds. The van der Waals surface area contributed by atoms with Crippen molar-refractivity contribution in [1.82, 2.24) is 0 Å². The Morgan fingerprint density at radius 1 is 0.607 bits per heavy atom. The Morgan fingerprint density at radius 2 is 1.08 bits per heavy atom. The lowest BCUT2D eigenvalue weighted by molar-refractivity contribution is -0.0441. The Balaban J connectivity index is 1.34. The van der Waals surface area contributed by atoms with E-state index in [-0.39, 0.29) is 25.5 Å². The summed E-state index contributed by atoms with van der Waals surface area (Å²) in [5.41, 5.74) is 0.331. The number of ether oxygens (including phenoxy) is 2. The number of hydrogen-bond acceptors (Lipinski definition) is 7. The van der Waals surface area contributed by atoms with Gasteiger partial charge in [0.15, 0.2) is 0 Å². The number of rotatable bonds is 15. The minimum absolute atomic E-state index is 0.0381. The largest absolute Gasteiger partial charge is 0.392 e. The predicted octanol–water partition coefficient (Wildman–Crippen LogP) is 6.40. The SMILES string of the molecule is COCc1c(C(O)CP(=O)(c2ccccc2)c2ccccc2)cc2ccccc2c1C1=c2ccccc2=CC(C(O)CP(=O)(c2ccccc2)c2ccccc2)C1(O)COC. The third-order valence-electron chi connectivity index (χ3n) is 12.0. The maximum absolute atomic E-state index is 15.4. The molecule has 0 aliphatic heterocycles. The predicted molar refractivity (Wildman–Crippen MR) is 248 cm³/mol. The van der Waals surface area contributed by atoms with Gasteiger partial charge in [-0.2, -0.15) is 0 Å². The van der Waals surface area contributed by atoms with Gasteiger partial charge in [-0.25, -0.2) is 0 Å². The average Bonchev–Trinajstić information content (AvgIpc) is 3.30. The van der Waals surface area contributed by atoms with Gasteiger partial charge >= 0.3 is 0 Å². The first-order chi connectivity index (χ1) is 29.6. The van der Waals surface area contributed by atoms with E-state index < -0.39 is 38.0 Å². The Morgan fingerprint density at radius 3 is 1.61 bits per heavy atom. The number of benzene rings is 7. The smallest absolute Gasteiger partial charge is 0.146 e. The highest BCUT2D eigenvalue weighted by atomic mass is 31.2. The van der Waals surface area contributed by atoms with E-state index in [4.69, 9.17) is 9.47 Å². The third-order valence-corrected chi connectivity index (χ3v) is 18.3. The van der Waals surface area contributed by atoms with E-state index >= 15 is 9.13 Å². The van der Waals surface area contributed by atoms with Crippen LogP contribution in [0.15, 0.2) is 176 Å². The zero-order valence-corrected chi connectivity index (χ0v) is 36.0. The van der Waals surface area contributed by atoms with Crippen LogP contribution >= 0.6 is 14.3 Å². The second kappa shape index (κ2) is 18.0. The van der Waals surface area contributed by atoms with Gasteiger partial charge in [0.05, 0.1) is 25.4 Å². The molecule has 8 rings (SSSR count). The number of hydrogen-bond donors (Lipinski definition) is 3. The lowest BCUT2D eigenvalue weighted by atomic mass is 9.70. The van der Waals surface area contributed by atoms with Crippen molar-refractivity contribution in [2.45, 2.75) is 24.4 Å². The van der Waals surface area contributed by atoms with Crippen LogP contribution in [0.2, 0.25) is 0 Å². The van der Waals surface area contributed by atoms with Crippen molar-refractivity contribution >= 4 is 57.9 Å². The molecule has 310 valence electrons. The first-order valence-corrected chi connectivity index (χ1v) is 24.2. The normalized spacial score (nSPS) is 17.7. The topological polar surface area (TPSA) is 113 Å². The van der Waals surface area contributed by atoms with E-state index in [1.807, 2.05) is 182 Å². The quantitative estimate of drug-likeness (QED) is 0.103. The minimum atomic E-state index is -3.46. The molecule has 61 heavy (non-hydrogen) atoms. The molecule has 0 spiro atoms. The summed E-state index contributed by atoms with van der Waals surface area (Å²) in [5.74, 6) is -1.00. The van der Waals surface area contributed by atoms with E-state index in [9.17, 15) is 15.3 Å². The van der Waals surface area contributed by atoms with Gasteiger partial charge in [-0.05, 0) is 44.0 Å². The zero-order valence-electron chi connectivity index (χ0n) is 34.3. The first kappa shape index (κ1) is 42.5. The second-order valence-electron chi connectivity index (χ2n) is 15.8. The van der Waals surface area contributed by atoms with Crippen molar-refractivity contribution < 1.29 is 33.9 Å². The van der Waals surface area contributed by atoms with E-state index in [1.165, 1.54) is 7.11 Å². The highest BCUT2D eigenvalue weighted by Gasteiger charge is 2.48. The number of aliphatic hydroxyl groups is 3. The second-order valence-corrected chi connectivity index (χ2v) is 21.5. The van der Waals surface area contributed by atoms with Crippen LogP contribution in [0, 0.1) is 5.92 Å². The molecule has 1 aliphatic carbocycles. The van der Waals surface area contributed by atoms with E-state index in [2.05, 4.69) is 0 Å². The molecule has 0 bridgehead atoms. The summed E-state index contributed by atoms with van der Waals surface area (Å²) in [6, 6.07) is 54.4. The molecule has 0 saturated heterocycles. The van der Waals surface area contributed by atoms with Crippen LogP contribution < -0.4 is 31.7 Å². The van der Waals surface area contributed by atoms with E-state index in [0.29, 0.717) is 48.7 Å². The Hall–Kier alpha value is -5.20. The molecule has 0 aromatic heterocycles. The molecule has 4 unspecified atom stereocenters. The fourth-order valence-electron chi connectivity index (χ4n) is 9.18. The monoisotopic (exact) mass is 848 g/mol. The van der Waals surface area contributed by atoms with E-state index in [1.54, 1.807) is 7.11 Å². The molecule has 0 fully saturated rings. The molecular formula is C52H50O7P2. The van der Waals surface area contributed by atoms with Crippen LogP contribution in [0.4, 0.5) is 0 Å². The highest BCUT2D eigenvalue weighted by Crippen LogP contribution is 2.50. The number of aliphatic hydroxyl groups excluding tert-OH is 2. The van der Waals surface area contributed by atoms with Gasteiger partial charge in [0.2, 0.25) is 0 Å². The molecule has 0 radical (unpaired) electrons. The Bertz CT molecular complexity index is 2770. The summed E-state index contributed by atoms with van der Waals surface area (Å²) < 4.78 is 42.7. The van der Waals surface area contributed by atoms with Gasteiger partial charge < -0.3 is 33.9 Å². The molecule has 4 atom stereocenters. The minimum Gasteiger partial charge on any atom is -0.392 e. The first-order valence-electron chi connectivity index (χ1n) is 20.5. The molecule has 1 aliphatic rings. The van der Waals surface area contributed by atoms with Gasteiger partial charge in [0.1, 0.15) is 19.9 Å². The van der Waals surface area contributed by atoms with Gasteiger partial charge in [0.25, 0.3) is 0 Å². The van der Waals surface area contributed by atoms with Gasteiger partial charge in [-0.3, -0.25) is 0 Å². The van der Waals surface area contributed by atoms with Gasteiger partial charge in [-0.1, -0.05) is 176 Å². The summed E-state index contributed by atoms with van der Waals surface area (Å²) in [4.78, 5) is 0. The van der Waals surface area contributed by atoms with Crippen molar-refractivity contribution in [3.8, 4) is 0 Å². The van der Waals surface area contributed by atoms with Crippen molar-refractivity contribution in [2.75, 3.05) is 33.2 Å². The summed E-state index contributed by atoms with van der Waals surface area (Å²) in [6.07, 6.45) is -0.917. The molecular weight excluding hydrogens is 799 g/mol. The van der Waals surface area contributed by atoms with Crippen LogP contribution in [0.3, 0.4) is 0 Å². The highest BCUT2D eigenvalue weighted by molar-refractivity contribution is 7.79. The molecule has 3 N–H and O–H groups in total. The van der Waals surface area contributed by atoms with Crippen molar-refractivity contribution in [3.63, 3.8) is 0 Å². The fourth-order valence-corrected chi connectivity index (χ4v) is 14.7. The zero-order chi connectivity index (χ0) is 42.6. The maximum Gasteiger partial charge on any atom is 0.146 e. The summed E-state index contributed by atoms with van der Waals surface area (Å²) in [6.45, 7) is -0.183. The number of methoxy groups -OCH3 is 2. The average molecular weight is 849 g/mol. The molecule has 9 heteroatoms. The van der Waals surface area contributed by atoms with Crippen LogP contribution in [0.1, 0.15) is 22.8 Å². The van der Waals surface area contributed by atoms with Crippen molar-refractivity contribution in [3.05, 3.63) is 203 Å². The summed E-state index contributed by atoms with van der Waals surface area (Å²) >= 11 is 0. The van der Waals surface area contributed by atoms with Crippen LogP contribution in [0.25, 0.3) is 22.4 Å². The third kappa shape index (κ3) is 8.05. The van der Waals surface area contributed by atoms with Gasteiger partial charge in [-0.15, -0.1) is 0 Å². The van der Waals surface area contributed by atoms with Crippen LogP contribution in [-0.4, -0.2) is 60.2 Å². The van der Waals surface area contributed by atoms with Gasteiger partial charge in [0, 0.05) is 59.3 Å². The van der Waals surface area contributed by atoms with E-state index in [0.717, 1.165) is 16.0 Å². The summed E-state index contributed by atoms with van der Waals surface area (Å²) in [7, 11) is -3.77. The van der Waals surface area contributed by atoms with Crippen molar-refractivity contribution in [2.24, 2.45) is 5.92 Å². The van der Waals surface area contributed by atoms with Crippen LogP contribution in [0.5, 0.6) is 0 Å². The lowest BCUT2D eigenvalue weighted by Crippen LogP contribution is -2.56. The maximum atomic E-state index is 15.4. The Labute approximate surface area is 357 Å². The molecule has 0 heterocycles. The lowest BCUT2D eigenvalue weighted by Gasteiger charge is -2.42. The van der Waals surface area contributed by atoms with Crippen LogP contribution in [-0.2, 0) is 25.2 Å². The molecule has 7 nitrogen and oxygen atoms in total. The molecule has 7 aromatic carbocycles. The van der Waals surface area contributed by atoms with Crippen molar-refractivity contribution in [1.29, 1.82) is 0 Å². The summed E-state index contributed by atoms with van der Waals surface area (Å²) in [5, 5.41) is 44.3. The standard InChI is InChI=1S/C52H50O7P2/c1-58-33-46-45(48(53)34-60(56,39-21-7-3-8-22-39)40-23-9-4-10-24-40)31-37-19-15-17-29-43(37)50(46)51-44-30-18-16-20-38(44)32-47(52(51,55)36-59-2)49(54)35-61(57,41-25-11-5-12-26-41)42-27-13-6-14-28-42/h3-32,47-49,53-55H,33-36H2,1-2H3. The molecule has 0 saturated carbocycles. The Kier molecular flexibility index (Phi) is 12.6. The fraction of sp³-hybridized carbons (Fsp3) is 0.192. The number of fused-ring (bicyclic) bond motifs is 2.